The zero-order valence-electron chi connectivity index (χ0n) is 23.5. The molecule has 0 saturated heterocycles. The highest BCUT2D eigenvalue weighted by Gasteiger charge is 2.36. The molecule has 4 unspecified atom stereocenters. The summed E-state index contributed by atoms with van der Waals surface area (Å²) in [6.07, 6.45) is 14.4. The van der Waals surface area contributed by atoms with Crippen LogP contribution in [0.1, 0.15) is 71.6 Å². The predicted octanol–water partition coefficient (Wildman–Crippen LogP) is 4.83. The molecule has 0 aliphatic heterocycles. The number of aliphatic hydroxyl groups excluding tert-OH is 2. The van der Waals surface area contributed by atoms with Crippen LogP contribution in [0.25, 0.3) is 0 Å². The standard InChI is InChI=1S/C31H42O8/c1-5-6-7-8-9-10-11-12-13-20(2)31(39-4)24(23-16-21(32)14-15-26(23)34)17-22(33)18-25-29(36)27(35)19-28(38-3)30(25)37/h11-12,14-16,19-20,22,24,31,33,36H,5-10,13,17-18H2,1-4H3. The van der Waals surface area contributed by atoms with Gasteiger partial charge in [0, 0.05) is 31.1 Å². The van der Waals surface area contributed by atoms with Crippen molar-refractivity contribution < 1.29 is 38.9 Å². The van der Waals surface area contributed by atoms with Crippen LogP contribution in [0.3, 0.4) is 0 Å². The summed E-state index contributed by atoms with van der Waals surface area (Å²) in [7, 11) is 2.76. The van der Waals surface area contributed by atoms with Crippen molar-refractivity contribution in [3.8, 4) is 0 Å². The van der Waals surface area contributed by atoms with E-state index in [9.17, 15) is 29.4 Å². The molecule has 4 atom stereocenters. The molecule has 0 fully saturated rings. The Hall–Kier alpha value is -3.10. The third-order valence-electron chi connectivity index (χ3n) is 7.22. The van der Waals surface area contributed by atoms with Crippen LogP contribution >= 0.6 is 0 Å². The number of ketones is 4. The zero-order chi connectivity index (χ0) is 28.9. The average Bonchev–Trinajstić information content (AvgIpc) is 2.91. The van der Waals surface area contributed by atoms with Crippen LogP contribution in [0.5, 0.6) is 0 Å². The van der Waals surface area contributed by atoms with Gasteiger partial charge in [0.05, 0.1) is 24.9 Å². The highest BCUT2D eigenvalue weighted by Crippen LogP contribution is 2.34. The number of hydrogen-bond donors (Lipinski definition) is 2. The third kappa shape index (κ3) is 9.25. The second-order valence-corrected chi connectivity index (χ2v) is 10.2. The van der Waals surface area contributed by atoms with Crippen molar-refractivity contribution in [2.24, 2.45) is 11.8 Å². The summed E-state index contributed by atoms with van der Waals surface area (Å²) in [6.45, 7) is 4.17. The van der Waals surface area contributed by atoms with E-state index >= 15 is 0 Å². The predicted molar refractivity (Wildman–Crippen MR) is 148 cm³/mol. The van der Waals surface area contributed by atoms with Gasteiger partial charge in [0.2, 0.25) is 11.6 Å². The summed E-state index contributed by atoms with van der Waals surface area (Å²) >= 11 is 0. The molecule has 0 radical (unpaired) electrons. The second kappa shape index (κ2) is 16.1. The van der Waals surface area contributed by atoms with Gasteiger partial charge >= 0.3 is 0 Å². The zero-order valence-corrected chi connectivity index (χ0v) is 23.5. The number of carbonyl (C=O) groups excluding carboxylic acids is 4. The molecule has 0 saturated carbocycles. The summed E-state index contributed by atoms with van der Waals surface area (Å²) in [5.74, 6) is -3.85. The van der Waals surface area contributed by atoms with Crippen LogP contribution in [0, 0.1) is 11.8 Å². The van der Waals surface area contributed by atoms with Gasteiger partial charge in [-0.05, 0) is 49.8 Å². The smallest absolute Gasteiger partial charge is 0.227 e. The number of methoxy groups -OCH3 is 2. The van der Waals surface area contributed by atoms with Crippen LogP contribution in [-0.4, -0.2) is 59.8 Å². The lowest BCUT2D eigenvalue weighted by molar-refractivity contribution is -0.120. The fourth-order valence-electron chi connectivity index (χ4n) is 5.09. The maximum Gasteiger partial charge on any atom is 0.227 e. The van der Waals surface area contributed by atoms with Crippen molar-refractivity contribution in [1.29, 1.82) is 0 Å². The fourth-order valence-corrected chi connectivity index (χ4v) is 5.09. The molecule has 0 aromatic heterocycles. The number of ether oxygens (including phenoxy) is 2. The van der Waals surface area contributed by atoms with Crippen molar-refractivity contribution in [3.05, 3.63) is 59.1 Å². The van der Waals surface area contributed by atoms with Gasteiger partial charge in [-0.3, -0.25) is 19.2 Å². The summed E-state index contributed by atoms with van der Waals surface area (Å²) in [6, 6.07) is 0. The molecule has 39 heavy (non-hydrogen) atoms. The molecule has 2 rings (SSSR count). The molecule has 0 amide bonds. The highest BCUT2D eigenvalue weighted by molar-refractivity contribution is 6.21. The Morgan fingerprint density at radius 2 is 1.67 bits per heavy atom. The molecule has 0 bridgehead atoms. The van der Waals surface area contributed by atoms with Gasteiger partial charge in [-0.15, -0.1) is 0 Å². The van der Waals surface area contributed by atoms with Crippen molar-refractivity contribution >= 4 is 23.1 Å². The minimum Gasteiger partial charge on any atom is -0.504 e. The minimum atomic E-state index is -1.22. The van der Waals surface area contributed by atoms with Crippen LogP contribution < -0.4 is 0 Å². The molecule has 2 N–H and O–H groups in total. The summed E-state index contributed by atoms with van der Waals surface area (Å²) in [4.78, 5) is 49.7. The molecule has 2 aliphatic carbocycles. The molecule has 0 aromatic carbocycles. The minimum absolute atomic E-state index is 0.0348. The van der Waals surface area contributed by atoms with E-state index in [0.717, 1.165) is 18.9 Å². The number of aliphatic hydroxyl groups is 2. The van der Waals surface area contributed by atoms with E-state index in [-0.39, 0.29) is 47.2 Å². The van der Waals surface area contributed by atoms with Gasteiger partial charge in [-0.25, -0.2) is 0 Å². The van der Waals surface area contributed by atoms with E-state index in [1.807, 2.05) is 6.92 Å². The Labute approximate surface area is 231 Å². The Balaban J connectivity index is 2.19. The van der Waals surface area contributed by atoms with Gasteiger partial charge < -0.3 is 19.7 Å². The molecule has 0 spiro atoms. The number of Topliss-reactive ketones (excluding diaryl/α,β-unsaturated/α-hetero) is 1. The van der Waals surface area contributed by atoms with E-state index in [1.165, 1.54) is 58.1 Å². The summed E-state index contributed by atoms with van der Waals surface area (Å²) in [5, 5.41) is 21.2. The van der Waals surface area contributed by atoms with Gasteiger partial charge in [0.15, 0.2) is 23.1 Å². The third-order valence-corrected chi connectivity index (χ3v) is 7.22. The number of allylic oxidation sites excluding steroid dienone is 7. The Morgan fingerprint density at radius 1 is 0.949 bits per heavy atom. The number of unbranched alkanes of at least 4 members (excludes halogenated alkanes) is 5. The molecule has 0 aromatic rings. The van der Waals surface area contributed by atoms with Crippen LogP contribution in [0.4, 0.5) is 0 Å². The lowest BCUT2D eigenvalue weighted by Gasteiger charge is -2.33. The first-order valence-corrected chi connectivity index (χ1v) is 13.7. The van der Waals surface area contributed by atoms with Crippen molar-refractivity contribution in [2.75, 3.05) is 14.2 Å². The molecule has 214 valence electrons. The topological polar surface area (TPSA) is 127 Å². The first-order chi connectivity index (χ1) is 18.6. The first kappa shape index (κ1) is 32.1. The van der Waals surface area contributed by atoms with Crippen molar-refractivity contribution in [2.45, 2.75) is 83.8 Å². The highest BCUT2D eigenvalue weighted by atomic mass is 16.5. The molecule has 0 heterocycles. The van der Waals surface area contributed by atoms with Gasteiger partial charge in [0.25, 0.3) is 0 Å². The van der Waals surface area contributed by atoms with E-state index in [1.54, 1.807) is 0 Å². The summed E-state index contributed by atoms with van der Waals surface area (Å²) < 4.78 is 10.8. The van der Waals surface area contributed by atoms with Crippen LogP contribution in [0.15, 0.2) is 59.1 Å². The Bertz CT molecular complexity index is 1060. The van der Waals surface area contributed by atoms with Crippen molar-refractivity contribution in [3.63, 3.8) is 0 Å². The lowest BCUT2D eigenvalue weighted by atomic mass is 9.77. The SMILES string of the molecule is CCCCCCCC=CCC(C)C(OC)C(CC(O)CC1=C(O)C(=O)C=C(OC)C1=O)C1=CC(=O)C=CC1=O. The van der Waals surface area contributed by atoms with Crippen molar-refractivity contribution in [1.82, 2.24) is 0 Å². The maximum atomic E-state index is 12.8. The first-order valence-electron chi connectivity index (χ1n) is 13.7. The Kier molecular flexibility index (Phi) is 13.3. The van der Waals surface area contributed by atoms with Gasteiger partial charge in [-0.1, -0.05) is 51.7 Å². The van der Waals surface area contributed by atoms with E-state index < -0.39 is 35.5 Å². The molecule has 8 heteroatoms. The quantitative estimate of drug-likeness (QED) is 0.152. The number of carbonyl (C=O) groups is 4. The molecule has 2 aliphatic rings. The largest absolute Gasteiger partial charge is 0.504 e. The van der Waals surface area contributed by atoms with Gasteiger partial charge in [-0.2, -0.15) is 0 Å². The molecular weight excluding hydrogens is 500 g/mol. The molecule has 8 nitrogen and oxygen atoms in total. The summed E-state index contributed by atoms with van der Waals surface area (Å²) in [5.41, 5.74) is -0.0312. The van der Waals surface area contributed by atoms with Crippen LogP contribution in [0.2, 0.25) is 0 Å². The van der Waals surface area contributed by atoms with E-state index in [4.69, 9.17) is 9.47 Å². The average molecular weight is 543 g/mol. The number of hydrogen-bond acceptors (Lipinski definition) is 8. The van der Waals surface area contributed by atoms with Gasteiger partial charge in [0.1, 0.15) is 0 Å². The number of rotatable bonds is 17. The normalized spacial score (nSPS) is 19.3. The maximum absolute atomic E-state index is 12.8. The molecular formula is C31H42O8. The van der Waals surface area contributed by atoms with Crippen LogP contribution in [-0.2, 0) is 28.7 Å². The monoisotopic (exact) mass is 542 g/mol. The van der Waals surface area contributed by atoms with E-state index in [2.05, 4.69) is 19.1 Å². The Morgan fingerprint density at radius 3 is 2.33 bits per heavy atom. The lowest BCUT2D eigenvalue weighted by Crippen LogP contribution is -2.36. The fraction of sp³-hybridized carbons (Fsp3) is 0.548. The van der Waals surface area contributed by atoms with E-state index in [0.29, 0.717) is 6.42 Å². The second-order valence-electron chi connectivity index (χ2n) is 10.2.